The second kappa shape index (κ2) is 10.5. The molecule has 1 heterocycles. The summed E-state index contributed by atoms with van der Waals surface area (Å²) in [5.74, 6) is -1.82. The second-order valence-electron chi connectivity index (χ2n) is 7.33. The molecule has 168 valence electrons. The molecule has 1 amide bonds. The topological polar surface area (TPSA) is 70.1 Å². The molecule has 2 N–H and O–H groups in total. The highest BCUT2D eigenvalue weighted by atomic mass is 35.5. The molecule has 0 aliphatic rings. The Balaban J connectivity index is 1.88. The molecule has 0 atom stereocenters. The number of amides is 1. The van der Waals surface area contributed by atoms with Crippen LogP contribution in [0.5, 0.6) is 0 Å². The fourth-order valence-electron chi connectivity index (χ4n) is 3.18. The fourth-order valence-corrected chi connectivity index (χ4v) is 3.30. The number of aliphatic imine (C=N–C) groups is 1. The molecule has 3 aromatic rings. The van der Waals surface area contributed by atoms with Crippen LogP contribution in [0, 0.1) is 23.4 Å². The second-order valence-corrected chi connectivity index (χ2v) is 7.73. The lowest BCUT2D eigenvalue weighted by Gasteiger charge is -2.15. The van der Waals surface area contributed by atoms with Gasteiger partial charge < -0.3 is 5.32 Å². The summed E-state index contributed by atoms with van der Waals surface area (Å²) >= 11 is 5.69. The summed E-state index contributed by atoms with van der Waals surface area (Å²) in [7, 11) is 0. The summed E-state index contributed by atoms with van der Waals surface area (Å²) in [6.45, 7) is 4.07. The number of benzene rings is 2. The number of H-pyrrole nitrogens is 1. The van der Waals surface area contributed by atoms with Crippen LogP contribution >= 0.6 is 11.6 Å². The highest BCUT2D eigenvalue weighted by Gasteiger charge is 2.16. The number of carbonyl (C=O) groups is 1. The SMILES string of the molecule is CCC(CC)CC(=Nc1cc(-c2cc(F)cc(F)c2)[nH]n1)NC(=O)c1ccc(Cl)c(F)c1. The third-order valence-electron chi connectivity index (χ3n) is 5.06. The average molecular weight is 463 g/mol. The minimum Gasteiger partial charge on any atom is -0.310 e. The molecule has 2 aromatic carbocycles. The van der Waals surface area contributed by atoms with Gasteiger partial charge in [-0.25, -0.2) is 18.2 Å². The van der Waals surface area contributed by atoms with Crippen molar-refractivity contribution in [3.05, 3.63) is 70.5 Å². The molecule has 0 fully saturated rings. The number of nitrogens with one attached hydrogen (secondary N) is 2. The van der Waals surface area contributed by atoms with Crippen LogP contribution in [0.15, 0.2) is 47.5 Å². The highest BCUT2D eigenvalue weighted by molar-refractivity contribution is 6.30. The van der Waals surface area contributed by atoms with Crippen molar-refractivity contribution in [1.29, 1.82) is 0 Å². The minimum atomic E-state index is -0.712. The first-order valence-electron chi connectivity index (χ1n) is 10.1. The van der Waals surface area contributed by atoms with Crippen LogP contribution in [0.2, 0.25) is 5.02 Å². The van der Waals surface area contributed by atoms with E-state index in [-0.39, 0.29) is 27.9 Å². The number of nitrogens with zero attached hydrogens (tertiary/aromatic N) is 2. The van der Waals surface area contributed by atoms with Crippen molar-refractivity contribution in [2.45, 2.75) is 33.1 Å². The van der Waals surface area contributed by atoms with E-state index in [1.165, 1.54) is 30.3 Å². The summed E-state index contributed by atoms with van der Waals surface area (Å²) < 4.78 is 40.8. The van der Waals surface area contributed by atoms with E-state index in [2.05, 4.69) is 20.5 Å². The lowest BCUT2D eigenvalue weighted by atomic mass is 9.98. The summed E-state index contributed by atoms with van der Waals surface area (Å²) in [6.07, 6.45) is 2.20. The van der Waals surface area contributed by atoms with Gasteiger partial charge in [-0.15, -0.1) is 0 Å². The first kappa shape index (κ1) is 23.5. The minimum absolute atomic E-state index is 0.0784. The maximum Gasteiger partial charge on any atom is 0.256 e. The Hall–Kier alpha value is -3.13. The van der Waals surface area contributed by atoms with Crippen LogP contribution in [0.4, 0.5) is 19.0 Å². The van der Waals surface area contributed by atoms with E-state index < -0.39 is 23.4 Å². The fraction of sp³-hybridized carbons (Fsp3) is 0.261. The molecule has 3 rings (SSSR count). The van der Waals surface area contributed by atoms with Gasteiger partial charge >= 0.3 is 0 Å². The number of rotatable bonds is 7. The number of carbonyl (C=O) groups excluding carboxylic acids is 1. The molecule has 9 heteroatoms. The van der Waals surface area contributed by atoms with Gasteiger partial charge in [-0.2, -0.15) is 5.10 Å². The van der Waals surface area contributed by atoms with Gasteiger partial charge in [0.25, 0.3) is 5.91 Å². The van der Waals surface area contributed by atoms with Crippen LogP contribution in [-0.4, -0.2) is 21.9 Å². The summed E-state index contributed by atoms with van der Waals surface area (Å²) in [5, 5.41) is 9.41. The van der Waals surface area contributed by atoms with E-state index in [9.17, 15) is 18.0 Å². The first-order valence-corrected chi connectivity index (χ1v) is 10.5. The van der Waals surface area contributed by atoms with E-state index in [0.717, 1.165) is 25.0 Å². The largest absolute Gasteiger partial charge is 0.310 e. The van der Waals surface area contributed by atoms with Crippen LogP contribution < -0.4 is 5.32 Å². The van der Waals surface area contributed by atoms with Crippen molar-refractivity contribution in [3.8, 4) is 11.3 Å². The molecule has 0 saturated carbocycles. The standard InChI is InChI=1S/C23H22ClF3N4O/c1-3-13(4-2)7-21(29-23(32)14-5-6-18(24)19(27)10-14)28-22-12-20(30-31-22)15-8-16(25)11-17(26)9-15/h5-6,8-13H,3-4,7H2,1-2H3,(H2,28,29,30,31,32). The summed E-state index contributed by atoms with van der Waals surface area (Å²) in [6, 6.07) is 8.43. The molecule has 0 bridgehead atoms. The van der Waals surface area contributed by atoms with Crippen LogP contribution in [0.1, 0.15) is 43.5 Å². The predicted molar refractivity (Wildman–Crippen MR) is 119 cm³/mol. The van der Waals surface area contributed by atoms with E-state index in [0.29, 0.717) is 18.0 Å². The third kappa shape index (κ3) is 5.97. The molecule has 32 heavy (non-hydrogen) atoms. The Morgan fingerprint density at radius 2 is 1.78 bits per heavy atom. The first-order chi connectivity index (χ1) is 15.3. The number of aromatic nitrogens is 2. The Morgan fingerprint density at radius 3 is 2.41 bits per heavy atom. The normalized spacial score (nSPS) is 11.8. The zero-order valence-corrected chi connectivity index (χ0v) is 18.3. The van der Waals surface area contributed by atoms with Crippen molar-refractivity contribution in [1.82, 2.24) is 15.5 Å². The van der Waals surface area contributed by atoms with E-state index in [4.69, 9.17) is 11.6 Å². The van der Waals surface area contributed by atoms with Gasteiger partial charge in [0, 0.05) is 29.7 Å². The van der Waals surface area contributed by atoms with Gasteiger partial charge in [0.2, 0.25) is 0 Å². The van der Waals surface area contributed by atoms with Gasteiger partial charge in [0.05, 0.1) is 10.7 Å². The molecule has 0 unspecified atom stereocenters. The smallest absolute Gasteiger partial charge is 0.256 e. The van der Waals surface area contributed by atoms with Crippen molar-refractivity contribution in [2.24, 2.45) is 10.9 Å². The molecular weight excluding hydrogens is 441 g/mol. The molecule has 1 aromatic heterocycles. The maximum atomic E-state index is 13.8. The van der Waals surface area contributed by atoms with Crippen LogP contribution in [-0.2, 0) is 0 Å². The predicted octanol–water partition coefficient (Wildman–Crippen LogP) is 6.43. The molecular formula is C23H22ClF3N4O. The Bertz CT molecular complexity index is 1120. The Morgan fingerprint density at radius 1 is 1.09 bits per heavy atom. The molecule has 5 nitrogen and oxygen atoms in total. The zero-order chi connectivity index (χ0) is 23.3. The molecule has 0 aliphatic carbocycles. The van der Waals surface area contributed by atoms with E-state index in [1.807, 2.05) is 13.8 Å². The number of hydrogen-bond donors (Lipinski definition) is 2. The molecule has 0 spiro atoms. The van der Waals surface area contributed by atoms with E-state index in [1.54, 1.807) is 0 Å². The van der Waals surface area contributed by atoms with Gasteiger partial charge in [-0.1, -0.05) is 38.3 Å². The molecule has 0 radical (unpaired) electrons. The van der Waals surface area contributed by atoms with Gasteiger partial charge in [-0.05, 0) is 36.2 Å². The van der Waals surface area contributed by atoms with Crippen molar-refractivity contribution in [3.63, 3.8) is 0 Å². The van der Waals surface area contributed by atoms with Gasteiger partial charge in [-0.3, -0.25) is 9.89 Å². The van der Waals surface area contributed by atoms with Crippen molar-refractivity contribution < 1.29 is 18.0 Å². The molecule has 0 aliphatic heterocycles. The number of halogens is 4. The van der Waals surface area contributed by atoms with Gasteiger partial charge in [0.1, 0.15) is 23.3 Å². The summed E-state index contributed by atoms with van der Waals surface area (Å²) in [5.41, 5.74) is 0.746. The lowest BCUT2D eigenvalue weighted by Crippen LogP contribution is -2.32. The van der Waals surface area contributed by atoms with Crippen molar-refractivity contribution >= 4 is 29.2 Å². The van der Waals surface area contributed by atoms with Crippen molar-refractivity contribution in [2.75, 3.05) is 0 Å². The molecule has 0 saturated heterocycles. The summed E-state index contributed by atoms with van der Waals surface area (Å²) in [4.78, 5) is 17.1. The number of amidine groups is 1. The number of aromatic amines is 1. The van der Waals surface area contributed by atoms with Gasteiger partial charge in [0.15, 0.2) is 5.82 Å². The maximum absolute atomic E-state index is 13.8. The Labute approximate surface area is 188 Å². The van der Waals surface area contributed by atoms with E-state index >= 15 is 0 Å². The van der Waals surface area contributed by atoms with Crippen LogP contribution in [0.3, 0.4) is 0 Å². The number of hydrogen-bond acceptors (Lipinski definition) is 3. The third-order valence-corrected chi connectivity index (χ3v) is 5.37. The quantitative estimate of drug-likeness (QED) is 0.313. The monoisotopic (exact) mass is 462 g/mol. The lowest BCUT2D eigenvalue weighted by molar-refractivity contribution is 0.0975. The average Bonchev–Trinajstić information content (AvgIpc) is 3.21. The highest BCUT2D eigenvalue weighted by Crippen LogP contribution is 2.24. The Kier molecular flexibility index (Phi) is 7.69. The zero-order valence-electron chi connectivity index (χ0n) is 17.6. The van der Waals surface area contributed by atoms with Crippen LogP contribution in [0.25, 0.3) is 11.3 Å².